The second kappa shape index (κ2) is 5.87. The molecule has 1 N–H and O–H groups in total. The molecule has 0 aliphatic heterocycles. The highest BCUT2D eigenvalue weighted by Gasteiger charge is 2.10. The molecule has 1 heterocycles. The van der Waals surface area contributed by atoms with Crippen molar-refractivity contribution >= 4 is 11.0 Å². The van der Waals surface area contributed by atoms with E-state index in [-0.39, 0.29) is 6.61 Å². The summed E-state index contributed by atoms with van der Waals surface area (Å²) in [6.45, 7) is 3.33. The van der Waals surface area contributed by atoms with Gasteiger partial charge in [0.25, 0.3) is 0 Å². The summed E-state index contributed by atoms with van der Waals surface area (Å²) in [6.07, 6.45) is 2.64. The molecule has 0 amide bonds. The van der Waals surface area contributed by atoms with E-state index >= 15 is 0 Å². The van der Waals surface area contributed by atoms with Crippen molar-refractivity contribution in [3.05, 3.63) is 24.0 Å². The van der Waals surface area contributed by atoms with Crippen LogP contribution in [0.4, 0.5) is 0 Å². The molecule has 4 nitrogen and oxygen atoms in total. The molecular weight excluding hydrogens is 228 g/mol. The average Bonchev–Trinajstić information content (AvgIpc) is 2.74. The van der Waals surface area contributed by atoms with Gasteiger partial charge in [0.1, 0.15) is 11.6 Å². The Morgan fingerprint density at radius 3 is 2.89 bits per heavy atom. The Balaban J connectivity index is 2.44. The van der Waals surface area contributed by atoms with Gasteiger partial charge in [0.15, 0.2) is 0 Å². The molecule has 0 unspecified atom stereocenters. The summed E-state index contributed by atoms with van der Waals surface area (Å²) in [5, 5.41) is 8.95. The number of aliphatic hydroxyl groups excluding tert-OH is 1. The van der Waals surface area contributed by atoms with E-state index < -0.39 is 0 Å². The zero-order valence-corrected chi connectivity index (χ0v) is 11.0. The van der Waals surface area contributed by atoms with Crippen molar-refractivity contribution in [1.29, 1.82) is 0 Å². The number of benzene rings is 1. The van der Waals surface area contributed by atoms with Crippen LogP contribution in [0.15, 0.2) is 18.2 Å². The van der Waals surface area contributed by atoms with Crippen LogP contribution in [0.25, 0.3) is 11.0 Å². The van der Waals surface area contributed by atoms with Gasteiger partial charge >= 0.3 is 0 Å². The summed E-state index contributed by atoms with van der Waals surface area (Å²) in [5.41, 5.74) is 2.11. The molecule has 0 atom stereocenters. The number of imidazole rings is 1. The molecule has 1 aromatic heterocycles. The number of aromatic nitrogens is 2. The van der Waals surface area contributed by atoms with E-state index in [4.69, 9.17) is 9.84 Å². The molecule has 0 fully saturated rings. The first-order valence-corrected chi connectivity index (χ1v) is 6.44. The summed E-state index contributed by atoms with van der Waals surface area (Å²) in [6, 6.07) is 5.98. The number of hydrogen-bond acceptors (Lipinski definition) is 3. The van der Waals surface area contributed by atoms with Gasteiger partial charge in [-0.15, -0.1) is 0 Å². The molecule has 0 aliphatic carbocycles. The lowest BCUT2D eigenvalue weighted by molar-refractivity contribution is 0.287. The molecule has 2 rings (SSSR count). The Morgan fingerprint density at radius 1 is 1.39 bits per heavy atom. The number of aryl methyl sites for hydroxylation is 2. The molecule has 18 heavy (non-hydrogen) atoms. The molecule has 98 valence electrons. The number of aliphatic hydroxyl groups is 1. The maximum Gasteiger partial charge on any atom is 0.121 e. The minimum absolute atomic E-state index is 0.207. The van der Waals surface area contributed by atoms with Gasteiger partial charge in [-0.05, 0) is 25.0 Å². The smallest absolute Gasteiger partial charge is 0.121 e. The highest BCUT2D eigenvalue weighted by atomic mass is 16.5. The monoisotopic (exact) mass is 248 g/mol. The molecule has 0 saturated carbocycles. The zero-order valence-electron chi connectivity index (χ0n) is 11.0. The maximum absolute atomic E-state index is 8.95. The number of rotatable bonds is 6. The van der Waals surface area contributed by atoms with E-state index in [2.05, 4.69) is 22.5 Å². The summed E-state index contributed by atoms with van der Waals surface area (Å²) in [4.78, 5) is 4.65. The largest absolute Gasteiger partial charge is 0.497 e. The number of hydrogen-bond donors (Lipinski definition) is 1. The molecule has 0 bridgehead atoms. The fourth-order valence-corrected chi connectivity index (χ4v) is 2.19. The molecule has 0 saturated heterocycles. The van der Waals surface area contributed by atoms with Crippen LogP contribution < -0.4 is 4.74 Å². The SMILES string of the molecule is CCCn1c(CCCO)nc2cc(OC)ccc21. The molecule has 4 heteroatoms. The Hall–Kier alpha value is -1.55. The summed E-state index contributed by atoms with van der Waals surface area (Å²) in [5.74, 6) is 1.88. The van der Waals surface area contributed by atoms with Gasteiger partial charge in [0, 0.05) is 25.6 Å². The standard InChI is InChI=1S/C14H20N2O2/c1-3-8-16-13-7-6-11(18-2)10-12(13)15-14(16)5-4-9-17/h6-7,10,17H,3-5,8-9H2,1-2H3. The molecule has 0 spiro atoms. The average molecular weight is 248 g/mol. The van der Waals surface area contributed by atoms with Gasteiger partial charge in [0.2, 0.25) is 0 Å². The first kappa shape index (κ1) is 12.9. The fourth-order valence-electron chi connectivity index (χ4n) is 2.19. The van der Waals surface area contributed by atoms with Gasteiger partial charge in [-0.3, -0.25) is 0 Å². The zero-order chi connectivity index (χ0) is 13.0. The molecule has 0 aliphatic rings. The lowest BCUT2D eigenvalue weighted by Gasteiger charge is -2.07. The summed E-state index contributed by atoms with van der Waals surface area (Å²) in [7, 11) is 1.66. The third-order valence-corrected chi connectivity index (χ3v) is 3.04. The summed E-state index contributed by atoms with van der Waals surface area (Å²) < 4.78 is 7.46. The number of nitrogens with zero attached hydrogens (tertiary/aromatic N) is 2. The summed E-state index contributed by atoms with van der Waals surface area (Å²) >= 11 is 0. The minimum atomic E-state index is 0.207. The van der Waals surface area contributed by atoms with Crippen LogP contribution in [0.2, 0.25) is 0 Å². The Bertz CT molecular complexity index is 520. The van der Waals surface area contributed by atoms with Crippen molar-refractivity contribution in [3.8, 4) is 5.75 Å². The lowest BCUT2D eigenvalue weighted by Crippen LogP contribution is -2.04. The maximum atomic E-state index is 8.95. The topological polar surface area (TPSA) is 47.3 Å². The third kappa shape index (κ3) is 2.48. The Labute approximate surface area is 107 Å². The van der Waals surface area contributed by atoms with Crippen LogP contribution >= 0.6 is 0 Å². The van der Waals surface area contributed by atoms with Crippen LogP contribution in [0.1, 0.15) is 25.6 Å². The van der Waals surface area contributed by atoms with Crippen molar-refractivity contribution in [3.63, 3.8) is 0 Å². The van der Waals surface area contributed by atoms with E-state index in [0.717, 1.165) is 48.4 Å². The Kier molecular flexibility index (Phi) is 4.20. The normalized spacial score (nSPS) is 11.1. The lowest BCUT2D eigenvalue weighted by atomic mass is 10.3. The van der Waals surface area contributed by atoms with E-state index in [1.807, 2.05) is 12.1 Å². The van der Waals surface area contributed by atoms with Gasteiger partial charge in [0.05, 0.1) is 18.1 Å². The predicted molar refractivity (Wildman–Crippen MR) is 72.0 cm³/mol. The van der Waals surface area contributed by atoms with E-state index in [1.54, 1.807) is 7.11 Å². The van der Waals surface area contributed by atoms with Crippen molar-refractivity contribution in [2.24, 2.45) is 0 Å². The fraction of sp³-hybridized carbons (Fsp3) is 0.500. The predicted octanol–water partition coefficient (Wildman–Crippen LogP) is 2.38. The van der Waals surface area contributed by atoms with Crippen LogP contribution in [-0.2, 0) is 13.0 Å². The van der Waals surface area contributed by atoms with Crippen LogP contribution in [0, 0.1) is 0 Å². The van der Waals surface area contributed by atoms with E-state index in [0.29, 0.717) is 0 Å². The quantitative estimate of drug-likeness (QED) is 0.853. The first-order valence-electron chi connectivity index (χ1n) is 6.44. The van der Waals surface area contributed by atoms with Gasteiger partial charge < -0.3 is 14.4 Å². The molecule has 1 aromatic carbocycles. The van der Waals surface area contributed by atoms with Crippen molar-refractivity contribution in [2.45, 2.75) is 32.7 Å². The van der Waals surface area contributed by atoms with Crippen LogP contribution in [0.5, 0.6) is 5.75 Å². The number of ether oxygens (including phenoxy) is 1. The van der Waals surface area contributed by atoms with Crippen LogP contribution in [0.3, 0.4) is 0 Å². The first-order chi connectivity index (χ1) is 8.80. The van der Waals surface area contributed by atoms with Crippen molar-refractivity contribution in [2.75, 3.05) is 13.7 Å². The van der Waals surface area contributed by atoms with Crippen molar-refractivity contribution < 1.29 is 9.84 Å². The van der Waals surface area contributed by atoms with E-state index in [1.165, 1.54) is 0 Å². The second-order valence-corrected chi connectivity index (χ2v) is 4.36. The molecule has 0 radical (unpaired) electrons. The highest BCUT2D eigenvalue weighted by Crippen LogP contribution is 2.22. The van der Waals surface area contributed by atoms with Crippen LogP contribution in [-0.4, -0.2) is 28.4 Å². The molecule has 2 aromatic rings. The number of fused-ring (bicyclic) bond motifs is 1. The molecular formula is C14H20N2O2. The second-order valence-electron chi connectivity index (χ2n) is 4.36. The van der Waals surface area contributed by atoms with E-state index in [9.17, 15) is 0 Å². The minimum Gasteiger partial charge on any atom is -0.497 e. The third-order valence-electron chi connectivity index (χ3n) is 3.04. The number of methoxy groups -OCH3 is 1. The van der Waals surface area contributed by atoms with Gasteiger partial charge in [-0.1, -0.05) is 6.92 Å². The Morgan fingerprint density at radius 2 is 2.22 bits per heavy atom. The van der Waals surface area contributed by atoms with Crippen molar-refractivity contribution in [1.82, 2.24) is 9.55 Å². The van der Waals surface area contributed by atoms with Gasteiger partial charge in [-0.25, -0.2) is 4.98 Å². The highest BCUT2D eigenvalue weighted by molar-refractivity contribution is 5.77. The van der Waals surface area contributed by atoms with Gasteiger partial charge in [-0.2, -0.15) is 0 Å².